The van der Waals surface area contributed by atoms with Crippen LogP contribution in [-0.4, -0.2) is 31.6 Å². The molecule has 152 valence electrons. The molecule has 1 amide bonds. The van der Waals surface area contributed by atoms with Gasteiger partial charge in [0.25, 0.3) is 11.5 Å². The van der Waals surface area contributed by atoms with Crippen LogP contribution < -0.4 is 10.3 Å². The van der Waals surface area contributed by atoms with Crippen molar-refractivity contribution < 1.29 is 9.53 Å². The van der Waals surface area contributed by atoms with Crippen LogP contribution in [0.2, 0.25) is 0 Å². The van der Waals surface area contributed by atoms with Gasteiger partial charge in [-0.3, -0.25) is 18.9 Å². The van der Waals surface area contributed by atoms with Crippen molar-refractivity contribution in [2.45, 2.75) is 20.8 Å². The maximum atomic E-state index is 13.3. The van der Waals surface area contributed by atoms with Crippen LogP contribution in [0.3, 0.4) is 0 Å². The second-order valence-electron chi connectivity index (χ2n) is 7.06. The number of hydrogen-bond donors (Lipinski definition) is 0. The predicted octanol–water partition coefficient (Wildman–Crippen LogP) is 4.24. The molecule has 1 aliphatic rings. The zero-order chi connectivity index (χ0) is 21.6. The number of rotatable bonds is 3. The van der Waals surface area contributed by atoms with Gasteiger partial charge in [0.15, 0.2) is 0 Å². The zero-order valence-electron chi connectivity index (χ0n) is 16.9. The molecule has 30 heavy (non-hydrogen) atoms. The molecule has 2 aromatic heterocycles. The Labute approximate surface area is 183 Å². The summed E-state index contributed by atoms with van der Waals surface area (Å²) in [4.78, 5) is 32.2. The number of thioether (sulfide) groups is 1. The van der Waals surface area contributed by atoms with E-state index in [-0.39, 0.29) is 22.9 Å². The molecule has 0 bridgehead atoms. The fourth-order valence-corrected chi connectivity index (χ4v) is 4.27. The van der Waals surface area contributed by atoms with Crippen molar-refractivity contribution in [1.82, 2.24) is 14.3 Å². The molecule has 0 saturated carbocycles. The van der Waals surface area contributed by atoms with Gasteiger partial charge >= 0.3 is 0 Å². The van der Waals surface area contributed by atoms with E-state index in [0.717, 1.165) is 28.5 Å². The van der Waals surface area contributed by atoms with Crippen LogP contribution in [-0.2, 0) is 4.79 Å². The van der Waals surface area contributed by atoms with Crippen molar-refractivity contribution >= 4 is 45.9 Å². The first kappa shape index (κ1) is 20.3. The number of nitrogens with zero attached hydrogens (tertiary/aromatic N) is 3. The number of thiocarbonyl (C=S) groups is 1. The molecule has 0 N–H and O–H groups in total. The van der Waals surface area contributed by atoms with Crippen LogP contribution in [0.25, 0.3) is 11.7 Å². The predicted molar refractivity (Wildman–Crippen MR) is 123 cm³/mol. The Balaban J connectivity index is 1.96. The highest BCUT2D eigenvalue weighted by Gasteiger charge is 2.30. The molecule has 3 aromatic rings. The van der Waals surface area contributed by atoms with E-state index in [9.17, 15) is 9.59 Å². The number of aryl methyl sites for hydroxylation is 2. The van der Waals surface area contributed by atoms with Crippen molar-refractivity contribution in [2.24, 2.45) is 0 Å². The minimum Gasteiger partial charge on any atom is -0.438 e. The molecule has 1 aromatic carbocycles. The second kappa shape index (κ2) is 7.70. The molecular formula is C22H19N3O3S2. The van der Waals surface area contributed by atoms with Crippen molar-refractivity contribution in [3.63, 3.8) is 0 Å². The normalized spacial score (nSPS) is 15.5. The van der Waals surface area contributed by atoms with Gasteiger partial charge in [-0.25, -0.2) is 0 Å². The number of hydrogen-bond acceptors (Lipinski definition) is 6. The maximum Gasteiger partial charge on any atom is 0.269 e. The third-order valence-corrected chi connectivity index (χ3v) is 6.56. The van der Waals surface area contributed by atoms with Gasteiger partial charge < -0.3 is 4.74 Å². The van der Waals surface area contributed by atoms with Gasteiger partial charge in [-0.05, 0) is 55.7 Å². The molecular weight excluding hydrogens is 418 g/mol. The lowest BCUT2D eigenvalue weighted by molar-refractivity contribution is -0.121. The van der Waals surface area contributed by atoms with E-state index in [1.807, 2.05) is 45.0 Å². The Morgan fingerprint density at radius 1 is 1.10 bits per heavy atom. The highest BCUT2D eigenvalue weighted by Crippen LogP contribution is 2.34. The lowest BCUT2D eigenvalue weighted by Crippen LogP contribution is -2.23. The molecule has 3 heterocycles. The minimum atomic E-state index is -0.314. The van der Waals surface area contributed by atoms with Gasteiger partial charge in [0, 0.05) is 13.2 Å². The van der Waals surface area contributed by atoms with E-state index in [0.29, 0.717) is 20.6 Å². The van der Waals surface area contributed by atoms with Crippen LogP contribution in [0.4, 0.5) is 0 Å². The van der Waals surface area contributed by atoms with Gasteiger partial charge in [0.05, 0.1) is 4.91 Å². The molecule has 0 unspecified atom stereocenters. The summed E-state index contributed by atoms with van der Waals surface area (Å²) in [7, 11) is 1.61. The van der Waals surface area contributed by atoms with Gasteiger partial charge in [-0.15, -0.1) is 0 Å². The van der Waals surface area contributed by atoms with E-state index in [1.54, 1.807) is 19.3 Å². The standard InChI is InChI=1S/C22H19N3O3S2/c1-12-7-5-9-16(14(12)3)28-19-15(11-17-21(27)24(4)22(29)30-17)20(26)25-10-6-8-13(2)18(25)23-19/h5-11H,1-4H3/b17-11+. The average molecular weight is 438 g/mol. The van der Waals surface area contributed by atoms with E-state index < -0.39 is 0 Å². The SMILES string of the molecule is Cc1cccc(Oc2nc3c(C)cccn3c(=O)c2/C=C2/SC(=S)N(C)C2=O)c1C. The molecule has 0 aliphatic carbocycles. The molecule has 6 nitrogen and oxygen atoms in total. The number of amides is 1. The number of carbonyl (C=O) groups excluding carboxylic acids is 1. The quantitative estimate of drug-likeness (QED) is 0.451. The van der Waals surface area contributed by atoms with Crippen molar-refractivity contribution in [1.29, 1.82) is 0 Å². The molecule has 0 radical (unpaired) electrons. The Kier molecular flexibility index (Phi) is 5.21. The van der Waals surface area contributed by atoms with Crippen LogP contribution in [0.1, 0.15) is 22.3 Å². The lowest BCUT2D eigenvalue weighted by atomic mass is 10.1. The summed E-state index contributed by atoms with van der Waals surface area (Å²) >= 11 is 6.36. The highest BCUT2D eigenvalue weighted by atomic mass is 32.2. The molecule has 1 fully saturated rings. The number of pyridine rings is 1. The molecule has 4 rings (SSSR count). The maximum absolute atomic E-state index is 13.3. The number of likely N-dealkylation sites (N-methyl/N-ethyl adjacent to an activating group) is 1. The summed E-state index contributed by atoms with van der Waals surface area (Å²) in [6.45, 7) is 5.82. The molecule has 0 atom stereocenters. The third-order valence-electron chi connectivity index (χ3n) is 5.07. The summed E-state index contributed by atoms with van der Waals surface area (Å²) in [6, 6.07) is 9.37. The third kappa shape index (κ3) is 3.42. The number of ether oxygens (including phenoxy) is 1. The fourth-order valence-electron chi connectivity index (χ4n) is 3.11. The molecule has 8 heteroatoms. The molecule has 1 aliphatic heterocycles. The summed E-state index contributed by atoms with van der Waals surface area (Å²) in [5.74, 6) is 0.512. The van der Waals surface area contributed by atoms with Crippen LogP contribution >= 0.6 is 24.0 Å². The molecule has 0 spiro atoms. The van der Waals surface area contributed by atoms with Gasteiger partial charge in [0.1, 0.15) is 21.3 Å². The number of benzene rings is 1. The monoisotopic (exact) mass is 437 g/mol. The number of carbonyl (C=O) groups is 1. The fraction of sp³-hybridized carbons (Fsp3) is 0.182. The van der Waals surface area contributed by atoms with Crippen LogP contribution in [0, 0.1) is 20.8 Å². The minimum absolute atomic E-state index is 0.157. The Hall–Kier alpha value is -2.97. The van der Waals surface area contributed by atoms with Gasteiger partial charge in [-0.1, -0.05) is 42.2 Å². The Bertz CT molecular complexity index is 1310. The summed E-state index contributed by atoms with van der Waals surface area (Å²) in [6.07, 6.45) is 3.18. The van der Waals surface area contributed by atoms with Crippen molar-refractivity contribution in [2.75, 3.05) is 7.05 Å². The van der Waals surface area contributed by atoms with Gasteiger partial charge in [0.2, 0.25) is 5.88 Å². The van der Waals surface area contributed by atoms with E-state index in [2.05, 4.69) is 4.98 Å². The average Bonchev–Trinajstić information content (AvgIpc) is 2.95. The zero-order valence-corrected chi connectivity index (χ0v) is 18.6. The van der Waals surface area contributed by atoms with Crippen LogP contribution in [0.5, 0.6) is 11.6 Å². The Morgan fingerprint density at radius 2 is 1.83 bits per heavy atom. The highest BCUT2D eigenvalue weighted by molar-refractivity contribution is 8.26. The van der Waals surface area contributed by atoms with E-state index in [1.165, 1.54) is 15.4 Å². The van der Waals surface area contributed by atoms with Crippen molar-refractivity contribution in [3.05, 3.63) is 74.0 Å². The first-order chi connectivity index (χ1) is 14.3. The Morgan fingerprint density at radius 3 is 2.53 bits per heavy atom. The summed E-state index contributed by atoms with van der Waals surface area (Å²) in [5, 5.41) is 0. The summed E-state index contributed by atoms with van der Waals surface area (Å²) < 4.78 is 8.03. The van der Waals surface area contributed by atoms with Crippen molar-refractivity contribution in [3.8, 4) is 11.6 Å². The number of aromatic nitrogens is 2. The first-order valence-electron chi connectivity index (χ1n) is 9.25. The first-order valence-corrected chi connectivity index (χ1v) is 10.5. The number of fused-ring (bicyclic) bond motifs is 1. The lowest BCUT2D eigenvalue weighted by Gasteiger charge is -2.13. The van der Waals surface area contributed by atoms with E-state index >= 15 is 0 Å². The largest absolute Gasteiger partial charge is 0.438 e. The summed E-state index contributed by atoms with van der Waals surface area (Å²) in [5.41, 5.74) is 3.25. The van der Waals surface area contributed by atoms with E-state index in [4.69, 9.17) is 17.0 Å². The topological polar surface area (TPSA) is 63.9 Å². The molecule has 1 saturated heterocycles. The van der Waals surface area contributed by atoms with Crippen LogP contribution in [0.15, 0.2) is 46.2 Å². The van der Waals surface area contributed by atoms with Gasteiger partial charge in [-0.2, -0.15) is 4.98 Å². The second-order valence-corrected chi connectivity index (χ2v) is 8.74. The smallest absolute Gasteiger partial charge is 0.269 e.